The van der Waals surface area contributed by atoms with Crippen LogP contribution in [0.3, 0.4) is 0 Å². The highest BCUT2D eigenvalue weighted by atomic mass is 35.5. The maximum absolute atomic E-state index is 12.3. The van der Waals surface area contributed by atoms with E-state index in [9.17, 15) is 8.42 Å². The predicted octanol–water partition coefficient (Wildman–Crippen LogP) is 2.75. The number of sulfonamides is 1. The molecule has 2 rings (SSSR count). The van der Waals surface area contributed by atoms with Crippen molar-refractivity contribution >= 4 is 38.6 Å². The lowest BCUT2D eigenvalue weighted by Gasteiger charge is -2.09. The highest BCUT2D eigenvalue weighted by Crippen LogP contribution is 2.30. The van der Waals surface area contributed by atoms with Gasteiger partial charge in [0.05, 0.1) is 17.8 Å². The van der Waals surface area contributed by atoms with Crippen LogP contribution >= 0.6 is 22.9 Å². The van der Waals surface area contributed by atoms with E-state index in [1.54, 1.807) is 18.2 Å². The number of methoxy groups -OCH3 is 1. The van der Waals surface area contributed by atoms with E-state index in [1.807, 2.05) is 0 Å². The van der Waals surface area contributed by atoms with Gasteiger partial charge in [-0.3, -0.25) is 4.72 Å². The molecule has 0 spiro atoms. The van der Waals surface area contributed by atoms with Crippen molar-refractivity contribution in [1.82, 2.24) is 0 Å². The molecule has 0 amide bonds. The Morgan fingerprint density at radius 2 is 2.10 bits per heavy atom. The summed E-state index contributed by atoms with van der Waals surface area (Å²) in [6.45, 7) is -0.0121. The summed E-state index contributed by atoms with van der Waals surface area (Å²) in [4.78, 5) is 0.812. The molecular formula is C13H14ClNO4S2. The van der Waals surface area contributed by atoms with Crippen molar-refractivity contribution in [2.75, 3.05) is 18.4 Å². The number of anilines is 1. The minimum atomic E-state index is -3.66. The first-order valence-electron chi connectivity index (χ1n) is 6.02. The molecule has 2 N–H and O–H groups in total. The average Bonchev–Trinajstić information content (AvgIpc) is 2.91. The molecule has 8 heteroatoms. The number of aliphatic hydroxyl groups excluding tert-OH is 1. The Balaban J connectivity index is 2.24. The molecule has 1 heterocycles. The number of thiophene rings is 1. The summed E-state index contributed by atoms with van der Waals surface area (Å²) in [5, 5.41) is 9.27. The zero-order valence-corrected chi connectivity index (χ0v) is 13.6. The molecule has 0 unspecified atom stereocenters. The molecule has 1 aromatic carbocycles. The van der Waals surface area contributed by atoms with Crippen LogP contribution in [0, 0.1) is 0 Å². The van der Waals surface area contributed by atoms with Crippen LogP contribution in [0.5, 0.6) is 5.75 Å². The molecule has 0 saturated carbocycles. The Morgan fingerprint density at radius 3 is 2.76 bits per heavy atom. The van der Waals surface area contributed by atoms with Gasteiger partial charge in [0.25, 0.3) is 10.0 Å². The van der Waals surface area contributed by atoms with Crippen LogP contribution in [0.25, 0.3) is 0 Å². The highest BCUT2D eigenvalue weighted by molar-refractivity contribution is 7.94. The van der Waals surface area contributed by atoms with Gasteiger partial charge in [0.2, 0.25) is 0 Å². The summed E-state index contributed by atoms with van der Waals surface area (Å²) >= 11 is 7.03. The van der Waals surface area contributed by atoms with Crippen molar-refractivity contribution in [2.45, 2.75) is 10.6 Å². The summed E-state index contributed by atoms with van der Waals surface area (Å²) in [5.41, 5.74) is 0.369. The molecular weight excluding hydrogens is 334 g/mol. The number of nitrogens with one attached hydrogen (secondary N) is 1. The number of aliphatic hydroxyl groups is 1. The van der Waals surface area contributed by atoms with Crippen molar-refractivity contribution in [3.8, 4) is 5.75 Å². The first-order valence-corrected chi connectivity index (χ1v) is 8.70. The van der Waals surface area contributed by atoms with Crippen LogP contribution in [0.15, 0.2) is 34.5 Å². The first-order chi connectivity index (χ1) is 9.96. The number of ether oxygens (including phenoxy) is 1. The molecule has 0 atom stereocenters. The fourth-order valence-corrected chi connectivity index (χ4v) is 4.26. The number of benzene rings is 1. The van der Waals surface area contributed by atoms with Gasteiger partial charge in [-0.25, -0.2) is 8.42 Å². The molecule has 5 nitrogen and oxygen atoms in total. The number of halogens is 1. The van der Waals surface area contributed by atoms with Crippen LogP contribution in [0.1, 0.15) is 4.88 Å². The summed E-state index contributed by atoms with van der Waals surface area (Å²) in [6.07, 6.45) is 0.439. The van der Waals surface area contributed by atoms with Gasteiger partial charge in [-0.15, -0.1) is 11.3 Å². The maximum atomic E-state index is 12.3. The van der Waals surface area contributed by atoms with Crippen LogP contribution in [0.2, 0.25) is 5.02 Å². The van der Waals surface area contributed by atoms with Gasteiger partial charge in [-0.2, -0.15) is 0 Å². The Bertz CT molecular complexity index is 728. The molecule has 0 radical (unpaired) electrons. The topological polar surface area (TPSA) is 75.6 Å². The van der Waals surface area contributed by atoms with E-state index in [-0.39, 0.29) is 10.8 Å². The Kier molecular flexibility index (Phi) is 5.10. The standard InChI is InChI=1S/C13H14ClNO4S2/c1-19-12-8-9(2-4-11(12)14)15-21(17,18)13-5-3-10(20-13)6-7-16/h2-5,8,15-16H,6-7H2,1H3. The molecule has 1 aromatic heterocycles. The van der Waals surface area contributed by atoms with Crippen LogP contribution in [0.4, 0.5) is 5.69 Å². The summed E-state index contributed by atoms with van der Waals surface area (Å²) < 4.78 is 32.3. The molecule has 0 aliphatic rings. The highest BCUT2D eigenvalue weighted by Gasteiger charge is 2.17. The smallest absolute Gasteiger partial charge is 0.271 e. The van der Waals surface area contributed by atoms with E-state index in [1.165, 1.54) is 19.2 Å². The molecule has 0 bridgehead atoms. The van der Waals surface area contributed by atoms with Gasteiger partial charge in [0.15, 0.2) is 0 Å². The molecule has 0 fully saturated rings. The van der Waals surface area contributed by atoms with Gasteiger partial charge in [0, 0.05) is 24.0 Å². The lowest BCUT2D eigenvalue weighted by atomic mass is 10.3. The summed E-state index contributed by atoms with van der Waals surface area (Å²) in [7, 11) is -2.20. The Hall–Kier alpha value is -1.28. The number of rotatable bonds is 6. The van der Waals surface area contributed by atoms with Crippen LogP contribution in [-0.2, 0) is 16.4 Å². The molecule has 0 aliphatic carbocycles. The third kappa shape index (κ3) is 3.88. The first kappa shape index (κ1) is 16.1. The third-order valence-electron chi connectivity index (χ3n) is 2.66. The Labute approximate surface area is 132 Å². The predicted molar refractivity (Wildman–Crippen MR) is 83.9 cm³/mol. The monoisotopic (exact) mass is 347 g/mol. The van der Waals surface area contributed by atoms with E-state index >= 15 is 0 Å². The lowest BCUT2D eigenvalue weighted by molar-refractivity contribution is 0.300. The second-order valence-electron chi connectivity index (χ2n) is 4.15. The second-order valence-corrected chi connectivity index (χ2v) is 7.63. The third-order valence-corrected chi connectivity index (χ3v) is 5.99. The van der Waals surface area contributed by atoms with Crippen LogP contribution in [-0.4, -0.2) is 27.2 Å². The van der Waals surface area contributed by atoms with E-state index in [0.717, 1.165) is 16.2 Å². The van der Waals surface area contributed by atoms with Gasteiger partial charge in [0.1, 0.15) is 9.96 Å². The van der Waals surface area contributed by atoms with Crippen molar-refractivity contribution in [2.24, 2.45) is 0 Å². The molecule has 114 valence electrons. The van der Waals surface area contributed by atoms with Crippen molar-refractivity contribution in [3.05, 3.63) is 40.2 Å². The molecule has 0 aliphatic heterocycles. The Morgan fingerprint density at radius 1 is 1.33 bits per heavy atom. The summed E-state index contributed by atoms with van der Waals surface area (Å²) in [6, 6.07) is 7.85. The maximum Gasteiger partial charge on any atom is 0.271 e. The van der Waals surface area contributed by atoms with E-state index in [2.05, 4.69) is 4.72 Å². The van der Waals surface area contributed by atoms with E-state index in [4.69, 9.17) is 21.4 Å². The van der Waals surface area contributed by atoms with Crippen molar-refractivity contribution in [1.29, 1.82) is 0 Å². The molecule has 0 saturated heterocycles. The average molecular weight is 348 g/mol. The SMILES string of the molecule is COc1cc(NS(=O)(=O)c2ccc(CCO)s2)ccc1Cl. The van der Waals surface area contributed by atoms with Crippen LogP contribution < -0.4 is 9.46 Å². The fraction of sp³-hybridized carbons (Fsp3) is 0.231. The van der Waals surface area contributed by atoms with Gasteiger partial charge >= 0.3 is 0 Å². The van der Waals surface area contributed by atoms with E-state index in [0.29, 0.717) is 22.9 Å². The molecule has 21 heavy (non-hydrogen) atoms. The minimum Gasteiger partial charge on any atom is -0.495 e. The van der Waals surface area contributed by atoms with Gasteiger partial charge < -0.3 is 9.84 Å². The fourth-order valence-electron chi connectivity index (χ4n) is 1.68. The second kappa shape index (κ2) is 6.65. The van der Waals surface area contributed by atoms with Gasteiger partial charge in [-0.1, -0.05) is 11.6 Å². The zero-order chi connectivity index (χ0) is 15.5. The van der Waals surface area contributed by atoms with Gasteiger partial charge in [-0.05, 0) is 24.3 Å². The number of hydrogen-bond acceptors (Lipinski definition) is 5. The minimum absolute atomic E-state index is 0.0121. The van der Waals surface area contributed by atoms with Crippen molar-refractivity contribution < 1.29 is 18.3 Å². The molecule has 2 aromatic rings. The van der Waals surface area contributed by atoms with E-state index < -0.39 is 10.0 Å². The lowest BCUT2D eigenvalue weighted by Crippen LogP contribution is -2.11. The number of hydrogen-bond donors (Lipinski definition) is 2. The zero-order valence-electron chi connectivity index (χ0n) is 11.2. The largest absolute Gasteiger partial charge is 0.495 e. The summed E-state index contributed by atoms with van der Waals surface area (Å²) in [5.74, 6) is 0.393. The van der Waals surface area contributed by atoms with Crippen molar-refractivity contribution in [3.63, 3.8) is 0 Å². The quantitative estimate of drug-likeness (QED) is 0.842. The normalized spacial score (nSPS) is 11.4.